The Kier molecular flexibility index (Phi) is 8.05. The van der Waals surface area contributed by atoms with Gasteiger partial charge in [0.2, 0.25) is 0 Å². The average Bonchev–Trinajstić information content (AvgIpc) is 3.52. The van der Waals surface area contributed by atoms with Crippen LogP contribution in [0.2, 0.25) is 0 Å². The van der Waals surface area contributed by atoms with E-state index in [1.807, 2.05) is 50.2 Å². The highest BCUT2D eigenvalue weighted by atomic mass is 32.2. The number of esters is 1. The number of aryl methyl sites for hydroxylation is 2. The lowest BCUT2D eigenvalue weighted by Crippen LogP contribution is -2.09. The van der Waals surface area contributed by atoms with Gasteiger partial charge in [0.15, 0.2) is 0 Å². The molecule has 5 rings (SSSR count). The molecule has 8 heteroatoms. The van der Waals surface area contributed by atoms with Gasteiger partial charge in [-0.05, 0) is 85.2 Å². The molecule has 0 bridgehead atoms. The molecule has 3 atom stereocenters. The van der Waals surface area contributed by atoms with Crippen LogP contribution in [0.3, 0.4) is 0 Å². The number of fused-ring (bicyclic) bond motifs is 2. The third-order valence-electron chi connectivity index (χ3n) is 7.59. The van der Waals surface area contributed by atoms with Crippen LogP contribution in [0, 0.1) is 19.7 Å². The number of carbonyl (C=O) groups excluding carboxylic acids is 1. The molecule has 1 heterocycles. The molecule has 3 aromatic carbocycles. The predicted octanol–water partition coefficient (Wildman–Crippen LogP) is 5.70. The quantitative estimate of drug-likeness (QED) is 0.343. The standard InChI is InChI=1S/C31H33FO6S/c1-18-13-22(39(35)12-4-11-33)14-19(2)30(18)24-7-9-26(32)31-25(24)8-10-27(31)38-21-5-6-23-20(15-29(34)36-3)17-37-28(23)16-21/h5-7,9,13-14,16,20,27,33H,4,8,10-12,15,17H2,1-3H3/t20-,27-,39?/m1/s1. The van der Waals surface area contributed by atoms with Crippen molar-refractivity contribution in [1.29, 1.82) is 0 Å². The lowest BCUT2D eigenvalue weighted by atomic mass is 9.90. The minimum absolute atomic E-state index is 0.0150. The highest BCUT2D eigenvalue weighted by molar-refractivity contribution is 7.85. The highest BCUT2D eigenvalue weighted by Gasteiger charge is 2.32. The van der Waals surface area contributed by atoms with Gasteiger partial charge in [-0.15, -0.1) is 0 Å². The maximum absolute atomic E-state index is 15.2. The van der Waals surface area contributed by atoms with Crippen LogP contribution in [0.1, 0.15) is 59.1 Å². The highest BCUT2D eigenvalue weighted by Crippen LogP contribution is 2.45. The van der Waals surface area contributed by atoms with Crippen LogP contribution >= 0.6 is 0 Å². The van der Waals surface area contributed by atoms with Crippen molar-refractivity contribution in [3.05, 3.63) is 76.1 Å². The molecule has 3 aromatic rings. The summed E-state index contributed by atoms with van der Waals surface area (Å²) in [5.74, 6) is 1.07. The molecule has 0 aromatic heterocycles. The molecule has 0 spiro atoms. The third-order valence-corrected chi connectivity index (χ3v) is 9.01. The van der Waals surface area contributed by atoms with Crippen molar-refractivity contribution < 1.29 is 32.7 Å². The smallest absolute Gasteiger partial charge is 0.306 e. The van der Waals surface area contributed by atoms with Gasteiger partial charge in [-0.25, -0.2) is 4.39 Å². The van der Waals surface area contributed by atoms with Gasteiger partial charge in [-0.3, -0.25) is 9.00 Å². The number of hydrogen-bond acceptors (Lipinski definition) is 6. The Bertz CT molecular complexity index is 1410. The molecule has 206 valence electrons. The summed E-state index contributed by atoms with van der Waals surface area (Å²) in [5, 5.41) is 9.08. The summed E-state index contributed by atoms with van der Waals surface area (Å²) in [6.07, 6.45) is 1.64. The van der Waals surface area contributed by atoms with Gasteiger partial charge in [-0.2, -0.15) is 0 Å². The summed E-state index contributed by atoms with van der Waals surface area (Å²) in [6.45, 7) is 4.41. The first kappa shape index (κ1) is 27.3. The van der Waals surface area contributed by atoms with Crippen LogP contribution in [-0.4, -0.2) is 41.4 Å². The van der Waals surface area contributed by atoms with Crippen molar-refractivity contribution in [2.45, 2.75) is 56.4 Å². The topological polar surface area (TPSA) is 82.1 Å². The van der Waals surface area contributed by atoms with Crippen LogP contribution in [0.4, 0.5) is 4.39 Å². The third kappa shape index (κ3) is 5.45. The fourth-order valence-electron chi connectivity index (χ4n) is 5.77. The summed E-state index contributed by atoms with van der Waals surface area (Å²) in [4.78, 5) is 12.5. The zero-order chi connectivity index (χ0) is 27.7. The Hall–Kier alpha value is -3.23. The number of carbonyl (C=O) groups is 1. The Labute approximate surface area is 230 Å². The molecule has 6 nitrogen and oxygen atoms in total. The summed E-state index contributed by atoms with van der Waals surface area (Å²) >= 11 is 0. The zero-order valence-corrected chi connectivity index (χ0v) is 23.2. The largest absolute Gasteiger partial charge is 0.492 e. The van der Waals surface area contributed by atoms with Crippen LogP contribution in [0.5, 0.6) is 11.5 Å². The Morgan fingerprint density at radius 1 is 1.15 bits per heavy atom. The molecule has 1 aliphatic heterocycles. The lowest BCUT2D eigenvalue weighted by molar-refractivity contribution is -0.141. The SMILES string of the molecule is COC(=O)C[C@@H]1COc2cc(O[C@@H]3CCc4c(-c5c(C)cc(S(=O)CCCO)cc5C)ccc(F)c43)ccc21. The van der Waals surface area contributed by atoms with Gasteiger partial charge in [0, 0.05) is 40.4 Å². The van der Waals surface area contributed by atoms with Gasteiger partial charge >= 0.3 is 5.97 Å². The number of benzene rings is 3. The molecule has 0 fully saturated rings. The predicted molar refractivity (Wildman–Crippen MR) is 147 cm³/mol. The first-order valence-electron chi connectivity index (χ1n) is 13.2. The van der Waals surface area contributed by atoms with E-state index in [-0.39, 0.29) is 30.7 Å². The van der Waals surface area contributed by atoms with Crippen LogP contribution in [-0.2, 0) is 26.8 Å². The summed E-state index contributed by atoms with van der Waals surface area (Å²) in [5.41, 5.74) is 6.43. The normalized spacial score (nSPS) is 18.3. The second-order valence-corrected chi connectivity index (χ2v) is 11.7. The molecule has 1 unspecified atom stereocenters. The van der Waals surface area contributed by atoms with Gasteiger partial charge in [0.25, 0.3) is 0 Å². The lowest BCUT2D eigenvalue weighted by Gasteiger charge is -2.19. The van der Waals surface area contributed by atoms with Gasteiger partial charge in [0.1, 0.15) is 23.4 Å². The fraction of sp³-hybridized carbons (Fsp3) is 0.387. The van der Waals surface area contributed by atoms with E-state index in [2.05, 4.69) is 0 Å². The number of aliphatic hydroxyl groups excluding tert-OH is 1. The Morgan fingerprint density at radius 3 is 2.64 bits per heavy atom. The summed E-state index contributed by atoms with van der Waals surface area (Å²) < 4.78 is 44.8. The van der Waals surface area contributed by atoms with Crippen LogP contribution < -0.4 is 9.47 Å². The second kappa shape index (κ2) is 11.5. The zero-order valence-electron chi connectivity index (χ0n) is 22.4. The molecular formula is C31H33FO6S. The van der Waals surface area contributed by atoms with Crippen molar-refractivity contribution in [3.8, 4) is 22.6 Å². The maximum atomic E-state index is 15.2. The van der Waals surface area contributed by atoms with Crippen molar-refractivity contribution >= 4 is 16.8 Å². The summed E-state index contributed by atoms with van der Waals surface area (Å²) in [7, 11) is 0.197. The minimum atomic E-state index is -1.18. The Balaban J connectivity index is 1.41. The van der Waals surface area contributed by atoms with E-state index in [0.29, 0.717) is 48.7 Å². The number of hydrogen-bond donors (Lipinski definition) is 1. The molecule has 2 aliphatic rings. The van der Waals surface area contributed by atoms with Gasteiger partial charge in [0.05, 0.1) is 30.9 Å². The molecule has 0 saturated carbocycles. The first-order valence-corrected chi connectivity index (χ1v) is 14.5. The van der Waals surface area contributed by atoms with E-state index >= 15 is 4.39 Å². The molecule has 1 N–H and O–H groups in total. The van der Waals surface area contributed by atoms with E-state index in [4.69, 9.17) is 19.3 Å². The maximum Gasteiger partial charge on any atom is 0.306 e. The van der Waals surface area contributed by atoms with E-state index in [1.165, 1.54) is 13.2 Å². The Morgan fingerprint density at radius 2 is 1.92 bits per heavy atom. The van der Waals surface area contributed by atoms with Gasteiger partial charge in [-0.1, -0.05) is 12.1 Å². The van der Waals surface area contributed by atoms with E-state index in [1.54, 1.807) is 0 Å². The number of halogens is 1. The van der Waals surface area contributed by atoms with Crippen LogP contribution in [0.15, 0.2) is 47.4 Å². The summed E-state index contributed by atoms with van der Waals surface area (Å²) in [6, 6.07) is 12.8. The van der Waals surface area contributed by atoms with Crippen molar-refractivity contribution in [2.24, 2.45) is 0 Å². The minimum Gasteiger partial charge on any atom is -0.492 e. The molecular weight excluding hydrogens is 519 g/mol. The number of ether oxygens (including phenoxy) is 3. The molecule has 0 amide bonds. The van der Waals surface area contributed by atoms with E-state index < -0.39 is 16.9 Å². The van der Waals surface area contributed by atoms with Crippen molar-refractivity contribution in [3.63, 3.8) is 0 Å². The molecule has 0 radical (unpaired) electrons. The number of methoxy groups -OCH3 is 1. The number of aliphatic hydroxyl groups is 1. The fourth-order valence-corrected chi connectivity index (χ4v) is 7.01. The van der Waals surface area contributed by atoms with E-state index in [9.17, 15) is 9.00 Å². The first-order chi connectivity index (χ1) is 18.8. The average molecular weight is 553 g/mol. The van der Waals surface area contributed by atoms with Gasteiger partial charge < -0.3 is 19.3 Å². The monoisotopic (exact) mass is 552 g/mol. The van der Waals surface area contributed by atoms with Crippen LogP contribution in [0.25, 0.3) is 11.1 Å². The molecule has 39 heavy (non-hydrogen) atoms. The number of rotatable bonds is 9. The van der Waals surface area contributed by atoms with Crippen molar-refractivity contribution in [2.75, 3.05) is 26.1 Å². The molecule has 1 aliphatic carbocycles. The van der Waals surface area contributed by atoms with Crippen molar-refractivity contribution in [1.82, 2.24) is 0 Å². The van der Waals surface area contributed by atoms with E-state index in [0.717, 1.165) is 38.3 Å². The molecule has 0 saturated heterocycles. The second-order valence-electron chi connectivity index (χ2n) is 10.2.